The van der Waals surface area contributed by atoms with Crippen LogP contribution in [0.4, 0.5) is 8.78 Å². The number of nitrogens with zero attached hydrogens (tertiary/aromatic N) is 1. The van der Waals surface area contributed by atoms with Crippen molar-refractivity contribution in [3.8, 4) is 0 Å². The number of fused-ring (bicyclic) bond motifs is 1. The number of benzene rings is 1. The van der Waals surface area contributed by atoms with Gasteiger partial charge in [0, 0.05) is 24.6 Å². The third-order valence-corrected chi connectivity index (χ3v) is 4.56. The maximum absolute atomic E-state index is 13.5. The minimum Gasteiger partial charge on any atom is -0.393 e. The molecule has 0 bridgehead atoms. The van der Waals surface area contributed by atoms with Crippen molar-refractivity contribution in [2.75, 3.05) is 13.1 Å². The highest BCUT2D eigenvalue weighted by molar-refractivity contribution is 5.79. The van der Waals surface area contributed by atoms with Crippen molar-refractivity contribution in [2.24, 2.45) is 11.8 Å². The van der Waals surface area contributed by atoms with Crippen molar-refractivity contribution in [1.82, 2.24) is 4.90 Å². The Hall–Kier alpha value is -1.49. The molecule has 108 valence electrons. The smallest absolute Gasteiger partial charge is 0.227 e. The van der Waals surface area contributed by atoms with Crippen molar-refractivity contribution in [1.29, 1.82) is 0 Å². The van der Waals surface area contributed by atoms with Crippen molar-refractivity contribution in [3.63, 3.8) is 0 Å². The summed E-state index contributed by atoms with van der Waals surface area (Å²) in [5.74, 6) is -1.17. The number of aliphatic hydroxyl groups excluding tert-OH is 1. The van der Waals surface area contributed by atoms with Crippen molar-refractivity contribution >= 4 is 5.91 Å². The fourth-order valence-electron chi connectivity index (χ4n) is 3.40. The SMILES string of the molecule is O=C(Cc1c(F)cccc1F)N1CC2CCC(O)C2C1. The van der Waals surface area contributed by atoms with E-state index >= 15 is 0 Å². The lowest BCUT2D eigenvalue weighted by Gasteiger charge is -2.18. The molecule has 1 N–H and O–H groups in total. The van der Waals surface area contributed by atoms with E-state index < -0.39 is 11.6 Å². The lowest BCUT2D eigenvalue weighted by Crippen LogP contribution is -2.32. The van der Waals surface area contributed by atoms with Gasteiger partial charge in [-0.2, -0.15) is 0 Å². The summed E-state index contributed by atoms with van der Waals surface area (Å²) in [7, 11) is 0. The lowest BCUT2D eigenvalue weighted by atomic mass is 10.00. The van der Waals surface area contributed by atoms with Crippen molar-refractivity contribution in [3.05, 3.63) is 35.4 Å². The minimum atomic E-state index is -0.683. The molecule has 20 heavy (non-hydrogen) atoms. The standard InChI is InChI=1S/C15H17F2NO2/c16-12-2-1-3-13(17)10(12)6-15(20)18-7-9-4-5-14(19)11(9)8-18/h1-3,9,11,14,19H,4-8H2. The molecule has 2 fully saturated rings. The van der Waals surface area contributed by atoms with E-state index in [4.69, 9.17) is 0 Å². The zero-order valence-electron chi connectivity index (χ0n) is 11.1. The maximum Gasteiger partial charge on any atom is 0.227 e. The zero-order chi connectivity index (χ0) is 14.3. The predicted octanol–water partition coefficient (Wildman–Crippen LogP) is 1.74. The number of hydrogen-bond acceptors (Lipinski definition) is 2. The molecule has 1 aliphatic heterocycles. The van der Waals surface area contributed by atoms with E-state index in [1.165, 1.54) is 6.07 Å². The Kier molecular flexibility index (Phi) is 3.46. The largest absolute Gasteiger partial charge is 0.393 e. The molecule has 1 saturated heterocycles. The molecular weight excluding hydrogens is 264 g/mol. The van der Waals surface area contributed by atoms with Crippen molar-refractivity contribution < 1.29 is 18.7 Å². The highest BCUT2D eigenvalue weighted by Gasteiger charge is 2.43. The van der Waals surface area contributed by atoms with E-state index in [-0.39, 0.29) is 29.9 Å². The molecule has 1 heterocycles. The molecule has 1 aromatic rings. The average molecular weight is 281 g/mol. The summed E-state index contributed by atoms with van der Waals surface area (Å²) >= 11 is 0. The summed E-state index contributed by atoms with van der Waals surface area (Å²) in [6, 6.07) is 3.61. The molecule has 5 heteroatoms. The second-order valence-electron chi connectivity index (χ2n) is 5.74. The first kappa shape index (κ1) is 13.5. The number of carbonyl (C=O) groups excluding carboxylic acids is 1. The monoisotopic (exact) mass is 281 g/mol. The molecule has 3 unspecified atom stereocenters. The van der Waals surface area contributed by atoms with Gasteiger partial charge in [-0.25, -0.2) is 8.78 Å². The van der Waals surface area contributed by atoms with Crippen LogP contribution in [0.15, 0.2) is 18.2 Å². The van der Waals surface area contributed by atoms with Gasteiger partial charge in [-0.1, -0.05) is 6.07 Å². The zero-order valence-corrected chi connectivity index (χ0v) is 11.1. The Morgan fingerprint density at radius 1 is 1.25 bits per heavy atom. The Morgan fingerprint density at radius 3 is 2.60 bits per heavy atom. The summed E-state index contributed by atoms with van der Waals surface area (Å²) in [5, 5.41) is 9.82. The molecule has 3 nitrogen and oxygen atoms in total. The molecule has 0 aromatic heterocycles. The van der Waals surface area contributed by atoms with Crippen LogP contribution in [0.3, 0.4) is 0 Å². The number of aliphatic hydroxyl groups is 1. The van der Waals surface area contributed by atoms with Gasteiger partial charge in [0.25, 0.3) is 0 Å². The number of likely N-dealkylation sites (tertiary alicyclic amines) is 1. The van der Waals surface area contributed by atoms with E-state index in [9.17, 15) is 18.7 Å². The van der Waals surface area contributed by atoms with Gasteiger partial charge in [0.15, 0.2) is 0 Å². The van der Waals surface area contributed by atoms with Gasteiger partial charge in [0.1, 0.15) is 11.6 Å². The topological polar surface area (TPSA) is 40.5 Å². The average Bonchev–Trinajstić information content (AvgIpc) is 2.97. The molecule has 1 saturated carbocycles. The van der Waals surface area contributed by atoms with E-state index in [2.05, 4.69) is 0 Å². The number of carbonyl (C=O) groups is 1. The van der Waals surface area contributed by atoms with Gasteiger partial charge in [-0.05, 0) is 30.9 Å². The van der Waals surface area contributed by atoms with Crippen LogP contribution in [0.1, 0.15) is 18.4 Å². The highest BCUT2D eigenvalue weighted by atomic mass is 19.1. The second kappa shape index (κ2) is 5.13. The van der Waals surface area contributed by atoms with Crippen LogP contribution in [0, 0.1) is 23.5 Å². The molecular formula is C15H17F2NO2. The van der Waals surface area contributed by atoms with Gasteiger partial charge in [-0.15, -0.1) is 0 Å². The van der Waals surface area contributed by atoms with Gasteiger partial charge < -0.3 is 10.0 Å². The molecule has 1 amide bonds. The fourth-order valence-corrected chi connectivity index (χ4v) is 3.40. The van der Waals surface area contributed by atoms with Gasteiger partial charge >= 0.3 is 0 Å². The third kappa shape index (κ3) is 2.30. The quantitative estimate of drug-likeness (QED) is 0.897. The van der Waals surface area contributed by atoms with Crippen LogP contribution in [-0.2, 0) is 11.2 Å². The number of rotatable bonds is 2. The Bertz CT molecular complexity index is 514. The first-order valence-electron chi connectivity index (χ1n) is 6.95. The molecule has 0 radical (unpaired) electrons. The number of halogens is 2. The lowest BCUT2D eigenvalue weighted by molar-refractivity contribution is -0.130. The summed E-state index contributed by atoms with van der Waals surface area (Å²) in [6.45, 7) is 1.09. The summed E-state index contributed by atoms with van der Waals surface area (Å²) < 4.78 is 27.1. The van der Waals surface area contributed by atoms with Crippen LogP contribution in [-0.4, -0.2) is 35.1 Å². The third-order valence-electron chi connectivity index (χ3n) is 4.56. The molecule has 3 rings (SSSR count). The number of hydrogen-bond donors (Lipinski definition) is 1. The van der Waals surface area contributed by atoms with Crippen LogP contribution < -0.4 is 0 Å². The normalized spacial score (nSPS) is 28.8. The van der Waals surface area contributed by atoms with Crippen LogP contribution in [0.25, 0.3) is 0 Å². The highest BCUT2D eigenvalue weighted by Crippen LogP contribution is 2.38. The number of amides is 1. The molecule has 1 aliphatic carbocycles. The fraction of sp³-hybridized carbons (Fsp3) is 0.533. The Balaban J connectivity index is 1.69. The van der Waals surface area contributed by atoms with Crippen LogP contribution >= 0.6 is 0 Å². The first-order chi connectivity index (χ1) is 9.56. The molecule has 1 aromatic carbocycles. The summed E-state index contributed by atoms with van der Waals surface area (Å²) in [4.78, 5) is 13.8. The van der Waals surface area contributed by atoms with E-state index in [1.807, 2.05) is 0 Å². The molecule has 2 aliphatic rings. The van der Waals surface area contributed by atoms with Crippen LogP contribution in [0.2, 0.25) is 0 Å². The van der Waals surface area contributed by atoms with Gasteiger partial charge in [0.2, 0.25) is 5.91 Å². The minimum absolute atomic E-state index is 0.129. The van der Waals surface area contributed by atoms with E-state index in [0.29, 0.717) is 19.0 Å². The van der Waals surface area contributed by atoms with E-state index in [1.54, 1.807) is 4.90 Å². The predicted molar refractivity (Wildman–Crippen MR) is 68.9 cm³/mol. The first-order valence-corrected chi connectivity index (χ1v) is 6.95. The van der Waals surface area contributed by atoms with E-state index in [0.717, 1.165) is 25.0 Å². The Morgan fingerprint density at radius 2 is 1.95 bits per heavy atom. The maximum atomic E-state index is 13.5. The van der Waals surface area contributed by atoms with Crippen LogP contribution in [0.5, 0.6) is 0 Å². The summed E-state index contributed by atoms with van der Waals surface area (Å²) in [5.41, 5.74) is -0.171. The van der Waals surface area contributed by atoms with Gasteiger partial charge in [0.05, 0.1) is 12.5 Å². The second-order valence-corrected chi connectivity index (χ2v) is 5.74. The Labute approximate surface area is 116 Å². The summed E-state index contributed by atoms with van der Waals surface area (Å²) in [6.07, 6.45) is 1.11. The van der Waals surface area contributed by atoms with Crippen molar-refractivity contribution in [2.45, 2.75) is 25.4 Å². The van der Waals surface area contributed by atoms with Gasteiger partial charge in [-0.3, -0.25) is 4.79 Å². The molecule has 0 spiro atoms. The molecule has 3 atom stereocenters.